The minimum Gasteiger partial charge on any atom is -0.369 e. The summed E-state index contributed by atoms with van der Waals surface area (Å²) in [6, 6.07) is 12.8. The molecular formula is C21H23N5O2. The van der Waals surface area contributed by atoms with Crippen LogP contribution in [0, 0.1) is 17.2 Å². The molecule has 3 N–H and O–H groups in total. The van der Waals surface area contributed by atoms with Crippen molar-refractivity contribution in [1.29, 1.82) is 5.26 Å². The van der Waals surface area contributed by atoms with Crippen molar-refractivity contribution in [3.63, 3.8) is 0 Å². The van der Waals surface area contributed by atoms with Crippen LogP contribution in [0.1, 0.15) is 28.9 Å². The summed E-state index contributed by atoms with van der Waals surface area (Å²) in [5.74, 6) is -0.465. The molecule has 144 valence electrons. The monoisotopic (exact) mass is 377 g/mol. The first-order valence-electron chi connectivity index (χ1n) is 9.33. The molecule has 0 saturated carbocycles. The van der Waals surface area contributed by atoms with Crippen molar-refractivity contribution in [1.82, 2.24) is 15.2 Å². The van der Waals surface area contributed by atoms with Gasteiger partial charge in [-0.3, -0.25) is 9.59 Å². The van der Waals surface area contributed by atoms with Gasteiger partial charge in [0.05, 0.1) is 5.92 Å². The van der Waals surface area contributed by atoms with Crippen molar-refractivity contribution in [3.8, 4) is 17.2 Å². The quantitative estimate of drug-likeness (QED) is 0.793. The molecule has 0 aliphatic carbocycles. The average Bonchev–Trinajstić information content (AvgIpc) is 2.74. The third-order valence-electron chi connectivity index (χ3n) is 4.98. The minimum atomic E-state index is -0.244. The molecule has 1 unspecified atom stereocenters. The van der Waals surface area contributed by atoms with Crippen LogP contribution in [0.15, 0.2) is 42.6 Å². The highest BCUT2D eigenvalue weighted by atomic mass is 16.2. The zero-order valence-corrected chi connectivity index (χ0v) is 15.6. The van der Waals surface area contributed by atoms with Gasteiger partial charge in [-0.25, -0.2) is 4.98 Å². The molecule has 2 amide bonds. The van der Waals surface area contributed by atoms with Crippen molar-refractivity contribution in [2.24, 2.45) is 11.7 Å². The normalized spacial score (nSPS) is 16.9. The predicted octanol–water partition coefficient (Wildman–Crippen LogP) is 1.55. The zero-order chi connectivity index (χ0) is 19.9. The Labute approximate surface area is 164 Å². The number of carbonyl (C=O) groups is 2. The van der Waals surface area contributed by atoms with Crippen LogP contribution in [-0.2, 0) is 4.79 Å². The van der Waals surface area contributed by atoms with Gasteiger partial charge in [-0.1, -0.05) is 12.1 Å². The molecule has 7 nitrogen and oxygen atoms in total. The number of nitrogens with zero attached hydrogens (tertiary/aromatic N) is 3. The lowest BCUT2D eigenvalue weighted by molar-refractivity contribution is -0.123. The standard InChI is InChI=1S/C21H23N5O2/c22-12-19-8-7-17(13-25-19)15-3-5-16(6-4-15)21(28)24-9-11-26-10-1-2-18(14-26)20(23)27/h3-8,13,18H,1-2,9-11,14H2,(H2,23,27)(H,24,28). The lowest BCUT2D eigenvalue weighted by Crippen LogP contribution is -2.44. The van der Waals surface area contributed by atoms with Crippen molar-refractivity contribution in [2.75, 3.05) is 26.2 Å². The molecule has 1 aromatic heterocycles. The first kappa shape index (κ1) is 19.5. The summed E-state index contributed by atoms with van der Waals surface area (Å²) in [4.78, 5) is 29.9. The number of hydrogen-bond donors (Lipinski definition) is 2. The lowest BCUT2D eigenvalue weighted by atomic mass is 9.97. The predicted molar refractivity (Wildman–Crippen MR) is 105 cm³/mol. The van der Waals surface area contributed by atoms with Crippen LogP contribution in [0.3, 0.4) is 0 Å². The number of aromatic nitrogens is 1. The molecule has 1 fully saturated rings. The number of nitrogens with two attached hydrogens (primary N) is 1. The molecule has 1 saturated heterocycles. The topological polar surface area (TPSA) is 112 Å². The number of primary amides is 1. The number of pyridine rings is 1. The van der Waals surface area contributed by atoms with Crippen LogP contribution >= 0.6 is 0 Å². The first-order valence-corrected chi connectivity index (χ1v) is 9.33. The average molecular weight is 377 g/mol. The van der Waals surface area contributed by atoms with E-state index in [0.717, 1.165) is 30.5 Å². The van der Waals surface area contributed by atoms with Crippen molar-refractivity contribution < 1.29 is 9.59 Å². The third kappa shape index (κ3) is 4.93. The van der Waals surface area contributed by atoms with Crippen LogP contribution < -0.4 is 11.1 Å². The maximum absolute atomic E-state index is 12.3. The Morgan fingerprint density at radius 3 is 2.61 bits per heavy atom. The summed E-state index contributed by atoms with van der Waals surface area (Å²) in [7, 11) is 0. The van der Waals surface area contributed by atoms with Crippen molar-refractivity contribution in [2.45, 2.75) is 12.8 Å². The summed E-state index contributed by atoms with van der Waals surface area (Å²) in [5.41, 5.74) is 8.17. The van der Waals surface area contributed by atoms with E-state index in [-0.39, 0.29) is 17.7 Å². The van der Waals surface area contributed by atoms with E-state index in [1.54, 1.807) is 24.4 Å². The molecule has 0 bridgehead atoms. The third-order valence-corrected chi connectivity index (χ3v) is 4.98. The van der Waals surface area contributed by atoms with Crippen molar-refractivity contribution >= 4 is 11.8 Å². The van der Waals surface area contributed by atoms with E-state index in [0.29, 0.717) is 30.9 Å². The van der Waals surface area contributed by atoms with Gasteiger partial charge in [0.2, 0.25) is 5.91 Å². The molecule has 0 radical (unpaired) electrons. The Bertz CT molecular complexity index is 871. The van der Waals surface area contributed by atoms with Gasteiger partial charge in [-0.2, -0.15) is 5.26 Å². The molecule has 1 aliphatic rings. The second-order valence-electron chi connectivity index (χ2n) is 6.92. The maximum Gasteiger partial charge on any atom is 0.251 e. The van der Waals surface area contributed by atoms with Crippen LogP contribution in [-0.4, -0.2) is 47.9 Å². The number of piperidine rings is 1. The largest absolute Gasteiger partial charge is 0.369 e. The maximum atomic E-state index is 12.3. The fourth-order valence-electron chi connectivity index (χ4n) is 3.37. The number of amides is 2. The second-order valence-corrected chi connectivity index (χ2v) is 6.92. The summed E-state index contributed by atoms with van der Waals surface area (Å²) < 4.78 is 0. The summed E-state index contributed by atoms with van der Waals surface area (Å²) in [6.45, 7) is 2.81. The van der Waals surface area contributed by atoms with Gasteiger partial charge in [0.25, 0.3) is 5.91 Å². The number of hydrogen-bond acceptors (Lipinski definition) is 5. The van der Waals surface area contributed by atoms with E-state index in [2.05, 4.69) is 15.2 Å². The van der Waals surface area contributed by atoms with Crippen LogP contribution in [0.25, 0.3) is 11.1 Å². The van der Waals surface area contributed by atoms with E-state index < -0.39 is 0 Å². The van der Waals surface area contributed by atoms with Gasteiger partial charge in [0.15, 0.2) is 0 Å². The van der Waals surface area contributed by atoms with E-state index in [1.807, 2.05) is 24.3 Å². The molecule has 3 rings (SSSR count). The van der Waals surface area contributed by atoms with E-state index in [4.69, 9.17) is 11.0 Å². The first-order chi connectivity index (χ1) is 13.6. The number of rotatable bonds is 6. The molecule has 2 aromatic rings. The van der Waals surface area contributed by atoms with Crippen LogP contribution in [0.4, 0.5) is 0 Å². The molecule has 7 heteroatoms. The fourth-order valence-corrected chi connectivity index (χ4v) is 3.37. The van der Waals surface area contributed by atoms with E-state index >= 15 is 0 Å². The number of carbonyl (C=O) groups excluding carboxylic acids is 2. The zero-order valence-electron chi connectivity index (χ0n) is 15.6. The van der Waals surface area contributed by atoms with Crippen LogP contribution in [0.2, 0.25) is 0 Å². The van der Waals surface area contributed by atoms with Gasteiger partial charge >= 0.3 is 0 Å². The van der Waals surface area contributed by atoms with E-state index in [1.165, 1.54) is 0 Å². The number of benzene rings is 1. The molecular weight excluding hydrogens is 354 g/mol. The highest BCUT2D eigenvalue weighted by molar-refractivity contribution is 5.94. The molecule has 0 spiro atoms. The smallest absolute Gasteiger partial charge is 0.251 e. The summed E-state index contributed by atoms with van der Waals surface area (Å²) in [5, 5.41) is 11.7. The Morgan fingerprint density at radius 1 is 1.21 bits per heavy atom. The van der Waals surface area contributed by atoms with Crippen LogP contribution in [0.5, 0.6) is 0 Å². The van der Waals surface area contributed by atoms with Gasteiger partial charge in [0.1, 0.15) is 11.8 Å². The second kappa shape index (κ2) is 9.11. The molecule has 1 aliphatic heterocycles. The summed E-state index contributed by atoms with van der Waals surface area (Å²) >= 11 is 0. The van der Waals surface area contributed by atoms with E-state index in [9.17, 15) is 9.59 Å². The lowest BCUT2D eigenvalue weighted by Gasteiger charge is -2.31. The Balaban J connectivity index is 1.50. The minimum absolute atomic E-state index is 0.0892. The highest BCUT2D eigenvalue weighted by Gasteiger charge is 2.23. The summed E-state index contributed by atoms with van der Waals surface area (Å²) in [6.07, 6.45) is 3.44. The van der Waals surface area contributed by atoms with Gasteiger partial charge in [-0.15, -0.1) is 0 Å². The SMILES string of the molecule is N#Cc1ccc(-c2ccc(C(=O)NCCN3CCCC(C(N)=O)C3)cc2)cn1. The van der Waals surface area contributed by atoms with Crippen molar-refractivity contribution in [3.05, 3.63) is 53.9 Å². The number of nitrogens with one attached hydrogen (secondary N) is 1. The Kier molecular flexibility index (Phi) is 6.35. The highest BCUT2D eigenvalue weighted by Crippen LogP contribution is 2.19. The molecule has 1 atom stereocenters. The Morgan fingerprint density at radius 2 is 1.96 bits per heavy atom. The van der Waals surface area contributed by atoms with Gasteiger partial charge < -0.3 is 16.0 Å². The number of likely N-dealkylation sites (tertiary alicyclic amines) is 1. The molecule has 2 heterocycles. The van der Waals surface area contributed by atoms with Gasteiger partial charge in [-0.05, 0) is 49.2 Å². The number of nitriles is 1. The molecule has 1 aromatic carbocycles. The fraction of sp³-hybridized carbons (Fsp3) is 0.333. The molecule has 28 heavy (non-hydrogen) atoms. The van der Waals surface area contributed by atoms with Gasteiger partial charge in [0, 0.05) is 37.0 Å². The Hall–Kier alpha value is -3.24.